The van der Waals surface area contributed by atoms with E-state index < -0.39 is 0 Å². The van der Waals surface area contributed by atoms with Crippen molar-refractivity contribution in [2.75, 3.05) is 18.8 Å². The monoisotopic (exact) mass is 270 g/mol. The second kappa shape index (κ2) is 4.51. The molecule has 15 heavy (non-hydrogen) atoms. The second-order valence-corrected chi connectivity index (χ2v) is 4.99. The lowest BCUT2D eigenvalue weighted by molar-refractivity contribution is 0.175. The van der Waals surface area contributed by atoms with Crippen molar-refractivity contribution in [1.82, 2.24) is 4.90 Å². The number of hydrogen-bond acceptors (Lipinski definition) is 3. The van der Waals surface area contributed by atoms with E-state index in [9.17, 15) is 5.11 Å². The Hall–Kier alpha value is -0.580. The van der Waals surface area contributed by atoms with Crippen molar-refractivity contribution in [1.29, 1.82) is 0 Å². The maximum absolute atomic E-state index is 9.41. The zero-order valence-corrected chi connectivity index (χ0v) is 10.1. The van der Waals surface area contributed by atoms with Crippen LogP contribution in [0.15, 0.2) is 22.7 Å². The summed E-state index contributed by atoms with van der Waals surface area (Å²) in [5, 5.41) is 9.41. The zero-order chi connectivity index (χ0) is 10.8. The predicted octanol–water partition coefficient (Wildman–Crippen LogP) is 1.60. The molecule has 0 amide bonds. The third-order valence-corrected chi connectivity index (χ3v) is 3.09. The van der Waals surface area contributed by atoms with Gasteiger partial charge in [-0.3, -0.25) is 4.90 Å². The number of aliphatic hydroxyl groups excluding tert-OH is 1. The van der Waals surface area contributed by atoms with E-state index in [0.717, 1.165) is 36.2 Å². The topological polar surface area (TPSA) is 49.5 Å². The Morgan fingerprint density at radius 2 is 2.27 bits per heavy atom. The minimum atomic E-state index is -0.158. The van der Waals surface area contributed by atoms with Crippen LogP contribution in [-0.2, 0) is 6.54 Å². The minimum absolute atomic E-state index is 0.158. The molecular formula is C11H15BrN2O. The first-order chi connectivity index (χ1) is 7.13. The maximum Gasteiger partial charge on any atom is 0.0679 e. The van der Waals surface area contributed by atoms with Gasteiger partial charge in [-0.2, -0.15) is 0 Å². The highest BCUT2D eigenvalue weighted by atomic mass is 79.9. The summed E-state index contributed by atoms with van der Waals surface area (Å²) in [7, 11) is 0. The lowest BCUT2D eigenvalue weighted by atomic mass is 10.2. The number of rotatable bonds is 2. The maximum atomic E-state index is 9.41. The molecule has 82 valence electrons. The van der Waals surface area contributed by atoms with Gasteiger partial charge in [-0.15, -0.1) is 0 Å². The van der Waals surface area contributed by atoms with Crippen LogP contribution in [0.3, 0.4) is 0 Å². The van der Waals surface area contributed by atoms with E-state index in [1.807, 2.05) is 12.1 Å². The van der Waals surface area contributed by atoms with Gasteiger partial charge in [0.25, 0.3) is 0 Å². The Kier molecular flexibility index (Phi) is 3.29. The molecule has 1 aliphatic rings. The van der Waals surface area contributed by atoms with Gasteiger partial charge in [-0.1, -0.05) is 15.9 Å². The molecule has 3 nitrogen and oxygen atoms in total. The number of benzene rings is 1. The molecule has 0 aromatic heterocycles. The highest BCUT2D eigenvalue weighted by Gasteiger charge is 2.19. The first-order valence-electron chi connectivity index (χ1n) is 5.09. The summed E-state index contributed by atoms with van der Waals surface area (Å²) < 4.78 is 1.01. The third kappa shape index (κ3) is 2.93. The second-order valence-electron chi connectivity index (χ2n) is 4.07. The summed E-state index contributed by atoms with van der Waals surface area (Å²) in [5.74, 6) is 0. The molecule has 3 N–H and O–H groups in total. The molecule has 4 heteroatoms. The molecule has 1 aromatic rings. The average molecular weight is 271 g/mol. The average Bonchev–Trinajstić information content (AvgIpc) is 2.49. The number of β-amino-alcohol motifs (C(OH)–C–C–N with tert-alkyl or cyclic N) is 1. The molecule has 2 rings (SSSR count). The summed E-state index contributed by atoms with van der Waals surface area (Å²) in [6, 6.07) is 5.94. The van der Waals surface area contributed by atoms with Crippen LogP contribution < -0.4 is 5.73 Å². The quantitative estimate of drug-likeness (QED) is 0.803. The number of nitrogen functional groups attached to an aromatic ring is 1. The number of nitrogens with two attached hydrogens (primary N) is 1. The van der Waals surface area contributed by atoms with E-state index in [4.69, 9.17) is 5.73 Å². The summed E-state index contributed by atoms with van der Waals surface area (Å²) in [4.78, 5) is 2.24. The lowest BCUT2D eigenvalue weighted by Crippen LogP contribution is -2.21. The Labute approximate surface area is 98.0 Å². The standard InChI is InChI=1S/C11H15BrN2O/c12-9-3-8(4-10(13)5-9)6-14-2-1-11(15)7-14/h3-5,11,15H,1-2,6-7,13H2. The van der Waals surface area contributed by atoms with Crippen molar-refractivity contribution < 1.29 is 5.11 Å². The highest BCUT2D eigenvalue weighted by Crippen LogP contribution is 2.20. The van der Waals surface area contributed by atoms with Crippen LogP contribution in [0.1, 0.15) is 12.0 Å². The van der Waals surface area contributed by atoms with Gasteiger partial charge in [0.2, 0.25) is 0 Å². The molecule has 0 radical (unpaired) electrons. The molecule has 0 bridgehead atoms. The van der Waals surface area contributed by atoms with Gasteiger partial charge in [-0.05, 0) is 30.2 Å². The molecule has 1 aromatic carbocycles. The molecule has 1 aliphatic heterocycles. The fraction of sp³-hybridized carbons (Fsp3) is 0.455. The molecule has 0 spiro atoms. The Morgan fingerprint density at radius 3 is 2.87 bits per heavy atom. The number of nitrogens with zero attached hydrogens (tertiary/aromatic N) is 1. The highest BCUT2D eigenvalue weighted by molar-refractivity contribution is 9.10. The first-order valence-corrected chi connectivity index (χ1v) is 5.88. The van der Waals surface area contributed by atoms with E-state index >= 15 is 0 Å². The Bertz CT molecular complexity index is 336. The molecule has 1 saturated heterocycles. The summed E-state index contributed by atoms with van der Waals surface area (Å²) in [6.07, 6.45) is 0.721. The van der Waals surface area contributed by atoms with Crippen LogP contribution in [-0.4, -0.2) is 29.2 Å². The Morgan fingerprint density at radius 1 is 1.47 bits per heavy atom. The lowest BCUT2D eigenvalue weighted by Gasteiger charge is -2.15. The summed E-state index contributed by atoms with van der Waals surface area (Å²) >= 11 is 3.43. The van der Waals surface area contributed by atoms with Gasteiger partial charge < -0.3 is 10.8 Å². The molecule has 0 saturated carbocycles. The largest absolute Gasteiger partial charge is 0.399 e. The number of halogens is 1. The van der Waals surface area contributed by atoms with Gasteiger partial charge >= 0.3 is 0 Å². The number of likely N-dealkylation sites (tertiary alicyclic amines) is 1. The first kappa shape index (κ1) is 10.9. The van der Waals surface area contributed by atoms with Gasteiger partial charge in [0.05, 0.1) is 6.10 Å². The van der Waals surface area contributed by atoms with Crippen LogP contribution in [0.5, 0.6) is 0 Å². The van der Waals surface area contributed by atoms with Crippen LogP contribution in [0.4, 0.5) is 5.69 Å². The van der Waals surface area contributed by atoms with Gasteiger partial charge in [-0.25, -0.2) is 0 Å². The van der Waals surface area contributed by atoms with Gasteiger partial charge in [0.1, 0.15) is 0 Å². The molecule has 1 unspecified atom stereocenters. The summed E-state index contributed by atoms with van der Waals surface area (Å²) in [6.45, 7) is 2.60. The van der Waals surface area contributed by atoms with Crippen LogP contribution in [0.25, 0.3) is 0 Å². The number of aliphatic hydroxyl groups is 1. The van der Waals surface area contributed by atoms with Crippen molar-refractivity contribution in [3.8, 4) is 0 Å². The predicted molar refractivity (Wildman–Crippen MR) is 64.5 cm³/mol. The van der Waals surface area contributed by atoms with Crippen molar-refractivity contribution >= 4 is 21.6 Å². The molecule has 1 fully saturated rings. The van der Waals surface area contributed by atoms with E-state index in [-0.39, 0.29) is 6.10 Å². The SMILES string of the molecule is Nc1cc(Br)cc(CN2CCC(O)C2)c1. The van der Waals surface area contributed by atoms with Crippen molar-refractivity contribution in [2.24, 2.45) is 0 Å². The van der Waals surface area contributed by atoms with Crippen molar-refractivity contribution in [3.63, 3.8) is 0 Å². The molecule has 1 atom stereocenters. The molecule has 0 aliphatic carbocycles. The van der Waals surface area contributed by atoms with Crippen molar-refractivity contribution in [2.45, 2.75) is 19.1 Å². The van der Waals surface area contributed by atoms with E-state index in [1.54, 1.807) is 0 Å². The zero-order valence-electron chi connectivity index (χ0n) is 8.49. The normalized spacial score (nSPS) is 22.1. The fourth-order valence-corrected chi connectivity index (χ4v) is 2.54. The van der Waals surface area contributed by atoms with Crippen LogP contribution in [0, 0.1) is 0 Å². The third-order valence-electron chi connectivity index (χ3n) is 2.63. The Balaban J connectivity index is 2.04. The molecular weight excluding hydrogens is 256 g/mol. The number of hydrogen-bond donors (Lipinski definition) is 2. The van der Waals surface area contributed by atoms with E-state index in [2.05, 4.69) is 26.9 Å². The minimum Gasteiger partial charge on any atom is -0.399 e. The smallest absolute Gasteiger partial charge is 0.0679 e. The fourth-order valence-electron chi connectivity index (χ4n) is 1.98. The van der Waals surface area contributed by atoms with E-state index in [1.165, 1.54) is 5.56 Å². The molecule has 1 heterocycles. The number of anilines is 1. The van der Waals surface area contributed by atoms with E-state index in [0.29, 0.717) is 0 Å². The summed E-state index contributed by atoms with van der Waals surface area (Å²) in [5.41, 5.74) is 7.73. The van der Waals surface area contributed by atoms with Crippen LogP contribution in [0.2, 0.25) is 0 Å². The van der Waals surface area contributed by atoms with Crippen LogP contribution >= 0.6 is 15.9 Å². The van der Waals surface area contributed by atoms with Crippen molar-refractivity contribution in [3.05, 3.63) is 28.2 Å². The van der Waals surface area contributed by atoms with Gasteiger partial charge in [0, 0.05) is 29.8 Å². The van der Waals surface area contributed by atoms with Gasteiger partial charge in [0.15, 0.2) is 0 Å².